The van der Waals surface area contributed by atoms with E-state index in [4.69, 9.17) is 0 Å². The molecular formula is C15H21BrFN. The lowest BCUT2D eigenvalue weighted by atomic mass is 9.99. The quantitative estimate of drug-likeness (QED) is 0.700. The largest absolute Gasteiger partial charge is 0.310 e. The van der Waals surface area contributed by atoms with Gasteiger partial charge in [-0.2, -0.15) is 0 Å². The molecule has 0 saturated carbocycles. The first kappa shape index (κ1) is 15.4. The molecular weight excluding hydrogens is 293 g/mol. The Balaban J connectivity index is 2.82. The van der Waals surface area contributed by atoms with Crippen LogP contribution >= 0.6 is 15.9 Å². The summed E-state index contributed by atoms with van der Waals surface area (Å²) < 4.78 is 14.7. The van der Waals surface area contributed by atoms with Crippen LogP contribution in [0.4, 0.5) is 4.39 Å². The van der Waals surface area contributed by atoms with Crippen LogP contribution < -0.4 is 5.32 Å². The van der Waals surface area contributed by atoms with Crippen molar-refractivity contribution in [2.24, 2.45) is 0 Å². The number of hydrogen-bond donors (Lipinski definition) is 1. The number of hydrogen-bond acceptors (Lipinski definition) is 1. The molecule has 100 valence electrons. The Hall–Kier alpha value is -0.670. The normalized spacial score (nSPS) is 12.4. The Morgan fingerprint density at radius 2 is 2.22 bits per heavy atom. The first-order valence-corrected chi connectivity index (χ1v) is 7.16. The molecule has 0 saturated heterocycles. The molecule has 1 unspecified atom stereocenters. The monoisotopic (exact) mass is 313 g/mol. The molecule has 0 bridgehead atoms. The van der Waals surface area contributed by atoms with E-state index >= 15 is 0 Å². The van der Waals surface area contributed by atoms with E-state index in [0.717, 1.165) is 41.4 Å². The fourth-order valence-corrected chi connectivity index (χ4v) is 2.19. The molecule has 1 aromatic rings. The molecule has 1 rings (SSSR count). The van der Waals surface area contributed by atoms with Crippen LogP contribution in [0.5, 0.6) is 0 Å². The van der Waals surface area contributed by atoms with Crippen molar-refractivity contribution in [3.63, 3.8) is 0 Å². The van der Waals surface area contributed by atoms with Gasteiger partial charge in [0.05, 0.1) is 0 Å². The fraction of sp³-hybridized carbons (Fsp3) is 0.467. The van der Waals surface area contributed by atoms with Gasteiger partial charge < -0.3 is 5.32 Å². The number of allylic oxidation sites excluding steroid dienone is 1. The summed E-state index contributed by atoms with van der Waals surface area (Å²) in [4.78, 5) is 0. The molecule has 1 nitrogen and oxygen atoms in total. The number of nitrogens with one attached hydrogen (secondary N) is 1. The van der Waals surface area contributed by atoms with Gasteiger partial charge in [-0.3, -0.25) is 0 Å². The Bertz CT molecular complexity index is 403. The Morgan fingerprint density at radius 1 is 1.50 bits per heavy atom. The average molecular weight is 314 g/mol. The van der Waals surface area contributed by atoms with Gasteiger partial charge in [0.15, 0.2) is 0 Å². The highest BCUT2D eigenvalue weighted by Gasteiger charge is 2.15. The zero-order valence-corrected chi connectivity index (χ0v) is 12.7. The number of halogens is 2. The second-order valence-electron chi connectivity index (χ2n) is 4.67. The van der Waals surface area contributed by atoms with Gasteiger partial charge in [0.25, 0.3) is 0 Å². The zero-order valence-electron chi connectivity index (χ0n) is 11.1. The summed E-state index contributed by atoms with van der Waals surface area (Å²) in [5, 5.41) is 3.40. The third-order valence-corrected chi connectivity index (χ3v) is 3.33. The summed E-state index contributed by atoms with van der Waals surface area (Å²) in [5.74, 6) is -0.153. The van der Waals surface area contributed by atoms with Crippen LogP contribution in [0, 0.1) is 5.82 Å². The maximum absolute atomic E-state index is 14.0. The lowest BCUT2D eigenvalue weighted by Crippen LogP contribution is -2.23. The molecule has 0 fully saturated rings. The molecule has 0 aliphatic rings. The summed E-state index contributed by atoms with van der Waals surface area (Å²) in [6.45, 7) is 8.93. The van der Waals surface area contributed by atoms with Gasteiger partial charge in [0.2, 0.25) is 0 Å². The van der Waals surface area contributed by atoms with Gasteiger partial charge >= 0.3 is 0 Å². The highest BCUT2D eigenvalue weighted by atomic mass is 79.9. The first-order valence-electron chi connectivity index (χ1n) is 6.37. The minimum Gasteiger partial charge on any atom is -0.310 e. The molecule has 0 heterocycles. The molecule has 0 aromatic heterocycles. The van der Waals surface area contributed by atoms with Gasteiger partial charge in [0.1, 0.15) is 5.82 Å². The summed E-state index contributed by atoms with van der Waals surface area (Å²) in [5.41, 5.74) is 1.88. The number of rotatable bonds is 7. The van der Waals surface area contributed by atoms with Crippen LogP contribution in [-0.4, -0.2) is 6.54 Å². The molecule has 18 heavy (non-hydrogen) atoms. The van der Waals surface area contributed by atoms with E-state index in [1.807, 2.05) is 19.1 Å². The van der Waals surface area contributed by atoms with Crippen molar-refractivity contribution in [1.29, 1.82) is 0 Å². The van der Waals surface area contributed by atoms with E-state index in [1.54, 1.807) is 0 Å². The van der Waals surface area contributed by atoms with Crippen LogP contribution in [0.25, 0.3) is 0 Å². The highest BCUT2D eigenvalue weighted by Crippen LogP contribution is 2.25. The van der Waals surface area contributed by atoms with Gasteiger partial charge in [-0.15, -0.1) is 6.58 Å². The molecule has 1 atom stereocenters. The molecule has 0 spiro atoms. The van der Waals surface area contributed by atoms with Crippen LogP contribution in [0.1, 0.15) is 44.7 Å². The van der Waals surface area contributed by atoms with Crippen molar-refractivity contribution in [3.8, 4) is 0 Å². The number of benzene rings is 1. The fourth-order valence-electron chi connectivity index (χ4n) is 1.86. The van der Waals surface area contributed by atoms with Crippen LogP contribution in [0.2, 0.25) is 0 Å². The SMILES string of the molecule is C=C(C)CCC(NCCC)c1ccc(Br)cc1F. The van der Waals surface area contributed by atoms with E-state index in [1.165, 1.54) is 6.07 Å². The lowest BCUT2D eigenvalue weighted by molar-refractivity contribution is 0.473. The van der Waals surface area contributed by atoms with E-state index < -0.39 is 0 Å². The third-order valence-electron chi connectivity index (χ3n) is 2.84. The van der Waals surface area contributed by atoms with E-state index in [0.29, 0.717) is 0 Å². The molecule has 0 amide bonds. The summed E-state index contributed by atoms with van der Waals surface area (Å²) >= 11 is 3.29. The molecule has 1 aromatic carbocycles. The zero-order chi connectivity index (χ0) is 13.5. The lowest BCUT2D eigenvalue weighted by Gasteiger charge is -2.20. The maximum Gasteiger partial charge on any atom is 0.129 e. The average Bonchev–Trinajstić information content (AvgIpc) is 2.30. The minimum absolute atomic E-state index is 0.0646. The second-order valence-corrected chi connectivity index (χ2v) is 5.58. The third kappa shape index (κ3) is 4.91. The van der Waals surface area contributed by atoms with Crippen LogP contribution in [0.15, 0.2) is 34.8 Å². The van der Waals surface area contributed by atoms with Crippen molar-refractivity contribution in [3.05, 3.63) is 46.2 Å². The van der Waals surface area contributed by atoms with Crippen molar-refractivity contribution in [1.82, 2.24) is 5.32 Å². The molecule has 0 aliphatic heterocycles. The Morgan fingerprint density at radius 3 is 2.78 bits per heavy atom. The Kier molecular flexibility index (Phi) is 6.58. The van der Waals surface area contributed by atoms with Crippen molar-refractivity contribution in [2.75, 3.05) is 6.54 Å². The van der Waals surface area contributed by atoms with E-state index in [9.17, 15) is 4.39 Å². The summed E-state index contributed by atoms with van der Waals surface area (Å²) in [6.07, 6.45) is 2.84. The van der Waals surface area contributed by atoms with Gasteiger partial charge in [-0.25, -0.2) is 4.39 Å². The minimum atomic E-state index is -0.153. The second kappa shape index (κ2) is 7.70. The molecule has 3 heteroatoms. The van der Waals surface area contributed by atoms with Gasteiger partial charge in [-0.05, 0) is 44.9 Å². The van der Waals surface area contributed by atoms with Crippen LogP contribution in [-0.2, 0) is 0 Å². The molecule has 0 aliphatic carbocycles. The topological polar surface area (TPSA) is 12.0 Å². The van der Waals surface area contributed by atoms with Crippen molar-refractivity contribution < 1.29 is 4.39 Å². The van der Waals surface area contributed by atoms with Crippen molar-refractivity contribution in [2.45, 2.75) is 39.2 Å². The highest BCUT2D eigenvalue weighted by molar-refractivity contribution is 9.10. The van der Waals surface area contributed by atoms with Crippen molar-refractivity contribution >= 4 is 15.9 Å². The van der Waals surface area contributed by atoms with E-state index in [-0.39, 0.29) is 11.9 Å². The molecule has 1 N–H and O–H groups in total. The van der Waals surface area contributed by atoms with E-state index in [2.05, 4.69) is 34.7 Å². The standard InChI is InChI=1S/C15H21BrFN/c1-4-9-18-15(8-5-11(2)3)13-7-6-12(16)10-14(13)17/h6-7,10,15,18H,2,4-5,8-9H2,1,3H3. The smallest absolute Gasteiger partial charge is 0.129 e. The summed E-state index contributed by atoms with van der Waals surface area (Å²) in [6, 6.07) is 5.33. The first-order chi connectivity index (χ1) is 8.54. The molecule has 0 radical (unpaired) electrons. The van der Waals surface area contributed by atoms with Gasteiger partial charge in [-0.1, -0.05) is 34.5 Å². The predicted molar refractivity (Wildman–Crippen MR) is 79.2 cm³/mol. The maximum atomic E-state index is 14.0. The predicted octanol–water partition coefficient (Wildman–Crippen LogP) is 4.99. The van der Waals surface area contributed by atoms with Gasteiger partial charge in [0, 0.05) is 16.1 Å². The van der Waals surface area contributed by atoms with Crippen LogP contribution in [0.3, 0.4) is 0 Å². The summed E-state index contributed by atoms with van der Waals surface area (Å²) in [7, 11) is 0. The Labute approximate surface area is 118 Å².